The molecule has 5 heteroatoms. The van der Waals surface area contributed by atoms with E-state index in [0.717, 1.165) is 11.3 Å². The second kappa shape index (κ2) is 4.82. The van der Waals surface area contributed by atoms with Crippen LogP contribution in [0.2, 0.25) is 5.02 Å². The number of nitrogens with two attached hydrogens (primary N) is 1. The van der Waals surface area contributed by atoms with E-state index in [1.54, 1.807) is 10.9 Å². The zero-order valence-electron chi connectivity index (χ0n) is 10.0. The zero-order valence-corrected chi connectivity index (χ0v) is 10.8. The van der Waals surface area contributed by atoms with Gasteiger partial charge in [0.25, 0.3) is 0 Å². The molecule has 0 amide bonds. The fourth-order valence-corrected chi connectivity index (χ4v) is 2.19. The predicted octanol–water partition coefficient (Wildman–Crippen LogP) is 3.35. The third-order valence-electron chi connectivity index (χ3n) is 2.96. The molecule has 1 atom stereocenters. The van der Waals surface area contributed by atoms with Gasteiger partial charge in [0, 0.05) is 0 Å². The molecule has 1 unspecified atom stereocenters. The Morgan fingerprint density at radius 1 is 1.16 bits per heavy atom. The summed E-state index contributed by atoms with van der Waals surface area (Å²) in [5.74, 6) is 1.18. The lowest BCUT2D eigenvalue weighted by Crippen LogP contribution is -2.15. The minimum absolute atomic E-state index is 0.219. The smallest absolute Gasteiger partial charge is 0.141 e. The topological polar surface area (TPSA) is 57.0 Å². The van der Waals surface area contributed by atoms with Gasteiger partial charge >= 0.3 is 0 Å². The molecule has 0 bridgehead atoms. The fraction of sp³-hybridized carbons (Fsp3) is 0.0714. The van der Waals surface area contributed by atoms with Crippen molar-refractivity contribution >= 4 is 17.4 Å². The number of anilines is 1. The van der Waals surface area contributed by atoms with Gasteiger partial charge < -0.3 is 10.2 Å². The van der Waals surface area contributed by atoms with E-state index < -0.39 is 0 Å². The highest BCUT2D eigenvalue weighted by Gasteiger charge is 2.22. The first-order valence-corrected chi connectivity index (χ1v) is 6.22. The number of hydrogen-bond donors (Lipinski definition) is 1. The summed E-state index contributed by atoms with van der Waals surface area (Å²) in [5.41, 5.74) is 7.01. The Kier molecular flexibility index (Phi) is 3.01. The van der Waals surface area contributed by atoms with Gasteiger partial charge in [0.05, 0.1) is 12.5 Å². The van der Waals surface area contributed by atoms with Crippen LogP contribution in [0.15, 0.2) is 59.3 Å². The molecule has 2 N–H and O–H groups in total. The van der Waals surface area contributed by atoms with Crippen molar-refractivity contribution in [1.82, 2.24) is 9.78 Å². The summed E-state index contributed by atoms with van der Waals surface area (Å²) in [5, 5.41) is 4.69. The van der Waals surface area contributed by atoms with Crippen LogP contribution in [0.25, 0.3) is 0 Å². The summed E-state index contributed by atoms with van der Waals surface area (Å²) in [4.78, 5) is 0. The van der Waals surface area contributed by atoms with Crippen LogP contribution < -0.4 is 5.73 Å². The van der Waals surface area contributed by atoms with Crippen molar-refractivity contribution in [2.45, 2.75) is 6.04 Å². The van der Waals surface area contributed by atoms with Crippen LogP contribution in [0, 0.1) is 0 Å². The van der Waals surface area contributed by atoms with Crippen LogP contribution in [-0.4, -0.2) is 9.78 Å². The number of nitrogens with zero attached hydrogens (tertiary/aromatic N) is 2. The van der Waals surface area contributed by atoms with Gasteiger partial charge in [-0.25, -0.2) is 4.68 Å². The second-order valence-corrected chi connectivity index (χ2v) is 4.56. The molecule has 19 heavy (non-hydrogen) atoms. The summed E-state index contributed by atoms with van der Waals surface area (Å²) < 4.78 is 7.17. The molecule has 3 rings (SSSR count). The molecule has 0 aliphatic heterocycles. The highest BCUT2D eigenvalue weighted by molar-refractivity contribution is 6.32. The Morgan fingerprint density at radius 2 is 1.95 bits per heavy atom. The van der Waals surface area contributed by atoms with Crippen molar-refractivity contribution in [1.29, 1.82) is 0 Å². The standard InChI is InChI=1S/C14H12ClN3O/c15-11-9-17-18(14(11)16)13(12-7-4-8-19-12)10-5-2-1-3-6-10/h1-9,13H,16H2. The third-order valence-corrected chi connectivity index (χ3v) is 3.25. The van der Waals surface area contributed by atoms with E-state index in [-0.39, 0.29) is 6.04 Å². The maximum absolute atomic E-state index is 5.98. The van der Waals surface area contributed by atoms with Crippen molar-refractivity contribution < 1.29 is 4.42 Å². The van der Waals surface area contributed by atoms with Crippen molar-refractivity contribution in [2.75, 3.05) is 5.73 Å². The fourth-order valence-electron chi connectivity index (χ4n) is 2.06. The summed E-state index contributed by atoms with van der Waals surface area (Å²) in [7, 11) is 0. The Labute approximate surface area is 115 Å². The molecule has 4 nitrogen and oxygen atoms in total. The molecule has 1 aromatic carbocycles. The Morgan fingerprint density at radius 3 is 2.53 bits per heavy atom. The van der Waals surface area contributed by atoms with Gasteiger partial charge in [-0.3, -0.25) is 0 Å². The quantitative estimate of drug-likeness (QED) is 0.796. The van der Waals surface area contributed by atoms with E-state index in [2.05, 4.69) is 5.10 Å². The van der Waals surface area contributed by atoms with Gasteiger partial charge in [-0.15, -0.1) is 0 Å². The normalized spacial score (nSPS) is 12.5. The molecule has 0 aliphatic rings. The minimum Gasteiger partial charge on any atom is -0.467 e. The van der Waals surface area contributed by atoms with Crippen LogP contribution in [0.5, 0.6) is 0 Å². The minimum atomic E-state index is -0.219. The number of furan rings is 1. The average Bonchev–Trinajstić information content (AvgIpc) is 3.06. The molecule has 0 aliphatic carbocycles. The van der Waals surface area contributed by atoms with Gasteiger partial charge in [-0.1, -0.05) is 41.9 Å². The van der Waals surface area contributed by atoms with E-state index in [1.165, 1.54) is 6.20 Å². The Hall–Kier alpha value is -2.20. The van der Waals surface area contributed by atoms with E-state index in [9.17, 15) is 0 Å². The predicted molar refractivity (Wildman–Crippen MR) is 74.0 cm³/mol. The SMILES string of the molecule is Nc1c(Cl)cnn1C(c1ccccc1)c1ccco1. The zero-order chi connectivity index (χ0) is 13.2. The molecule has 0 saturated heterocycles. The Bertz CT molecular complexity index is 661. The maximum Gasteiger partial charge on any atom is 0.141 e. The van der Waals surface area contributed by atoms with Crippen LogP contribution in [0.3, 0.4) is 0 Å². The number of halogens is 1. The Balaban J connectivity index is 2.15. The summed E-state index contributed by atoms with van der Waals surface area (Å²) in [6, 6.07) is 13.4. The number of nitrogen functional groups attached to an aromatic ring is 1. The molecular weight excluding hydrogens is 262 g/mol. The van der Waals surface area contributed by atoms with Crippen molar-refractivity contribution in [3.8, 4) is 0 Å². The summed E-state index contributed by atoms with van der Waals surface area (Å²) in [6.07, 6.45) is 3.17. The van der Waals surface area contributed by atoms with Crippen LogP contribution in [0.4, 0.5) is 5.82 Å². The number of benzene rings is 1. The lowest BCUT2D eigenvalue weighted by atomic mass is 10.0. The second-order valence-electron chi connectivity index (χ2n) is 4.15. The molecule has 96 valence electrons. The van der Waals surface area contributed by atoms with E-state index >= 15 is 0 Å². The monoisotopic (exact) mass is 273 g/mol. The highest BCUT2D eigenvalue weighted by Crippen LogP contribution is 2.31. The lowest BCUT2D eigenvalue weighted by molar-refractivity contribution is 0.444. The van der Waals surface area contributed by atoms with Gasteiger partial charge in [0.1, 0.15) is 22.6 Å². The molecular formula is C14H12ClN3O. The maximum atomic E-state index is 5.98. The molecule has 0 radical (unpaired) electrons. The third kappa shape index (κ3) is 2.11. The van der Waals surface area contributed by atoms with Crippen LogP contribution in [0.1, 0.15) is 17.4 Å². The molecule has 3 aromatic rings. The summed E-state index contributed by atoms with van der Waals surface area (Å²) >= 11 is 5.98. The first-order chi connectivity index (χ1) is 9.27. The average molecular weight is 274 g/mol. The van der Waals surface area contributed by atoms with Crippen molar-refractivity contribution in [2.24, 2.45) is 0 Å². The van der Waals surface area contributed by atoms with Gasteiger partial charge in [0.2, 0.25) is 0 Å². The van der Waals surface area contributed by atoms with Crippen LogP contribution in [-0.2, 0) is 0 Å². The highest BCUT2D eigenvalue weighted by atomic mass is 35.5. The molecule has 0 fully saturated rings. The van der Waals surface area contributed by atoms with Gasteiger partial charge in [0.15, 0.2) is 0 Å². The van der Waals surface area contributed by atoms with E-state index in [0.29, 0.717) is 10.8 Å². The number of hydrogen-bond acceptors (Lipinski definition) is 3. The molecule has 2 heterocycles. The molecule has 0 saturated carbocycles. The van der Waals surface area contributed by atoms with E-state index in [1.807, 2.05) is 42.5 Å². The molecule has 0 spiro atoms. The van der Waals surface area contributed by atoms with Crippen molar-refractivity contribution in [3.05, 3.63) is 71.3 Å². The van der Waals surface area contributed by atoms with Gasteiger partial charge in [-0.2, -0.15) is 5.10 Å². The largest absolute Gasteiger partial charge is 0.467 e. The lowest BCUT2D eigenvalue weighted by Gasteiger charge is -2.17. The van der Waals surface area contributed by atoms with E-state index in [4.69, 9.17) is 21.8 Å². The van der Waals surface area contributed by atoms with Crippen LogP contribution >= 0.6 is 11.6 Å². The van der Waals surface area contributed by atoms with Gasteiger partial charge in [-0.05, 0) is 17.7 Å². The first-order valence-electron chi connectivity index (χ1n) is 5.84. The van der Waals surface area contributed by atoms with Crippen molar-refractivity contribution in [3.63, 3.8) is 0 Å². The molecule has 2 aromatic heterocycles. The first kappa shape index (κ1) is 11.9. The number of aromatic nitrogens is 2. The number of rotatable bonds is 3. The summed E-state index contributed by atoms with van der Waals surface area (Å²) in [6.45, 7) is 0.